The van der Waals surface area contributed by atoms with Crippen LogP contribution in [0.4, 0.5) is 0 Å². The van der Waals surface area contributed by atoms with Crippen LogP contribution in [0.2, 0.25) is 0 Å². The Kier molecular flexibility index (Phi) is 6.36. The van der Waals surface area contributed by atoms with Crippen LogP contribution in [0.15, 0.2) is 0 Å². The number of thioether (sulfide) groups is 1. The molecule has 0 radical (unpaired) electrons. The van der Waals surface area contributed by atoms with Crippen LogP contribution in [0.3, 0.4) is 0 Å². The highest BCUT2D eigenvalue weighted by Crippen LogP contribution is 2.40. The minimum Gasteiger partial charge on any atom is -0.312 e. The standard InChI is InChI=1S/C15H31NS/c1-14(2,3)16-13-15(11-8-12-17-4)9-6-5-7-10-15/h16H,5-13H2,1-4H3. The van der Waals surface area contributed by atoms with E-state index in [-0.39, 0.29) is 5.54 Å². The summed E-state index contributed by atoms with van der Waals surface area (Å²) in [7, 11) is 0. The zero-order valence-corrected chi connectivity index (χ0v) is 13.1. The quantitative estimate of drug-likeness (QED) is 0.705. The van der Waals surface area contributed by atoms with Crippen molar-refractivity contribution in [1.29, 1.82) is 0 Å². The number of rotatable bonds is 6. The first-order chi connectivity index (χ1) is 7.97. The minimum atomic E-state index is 0.268. The normalized spacial score (nSPS) is 20.5. The lowest BCUT2D eigenvalue weighted by molar-refractivity contribution is 0.152. The zero-order valence-electron chi connectivity index (χ0n) is 12.3. The second kappa shape index (κ2) is 7.04. The Labute approximate surface area is 113 Å². The topological polar surface area (TPSA) is 12.0 Å². The molecule has 1 N–H and O–H groups in total. The highest BCUT2D eigenvalue weighted by Gasteiger charge is 2.32. The summed E-state index contributed by atoms with van der Waals surface area (Å²) in [6.07, 6.45) is 12.3. The van der Waals surface area contributed by atoms with Gasteiger partial charge in [-0.15, -0.1) is 0 Å². The van der Waals surface area contributed by atoms with Gasteiger partial charge in [0.1, 0.15) is 0 Å². The molecule has 1 aliphatic rings. The molecule has 1 rings (SSSR count). The summed E-state index contributed by atoms with van der Waals surface area (Å²) in [5, 5.41) is 3.75. The van der Waals surface area contributed by atoms with E-state index in [0.717, 1.165) is 0 Å². The Morgan fingerprint density at radius 2 is 1.76 bits per heavy atom. The molecule has 1 aliphatic carbocycles. The van der Waals surface area contributed by atoms with Crippen molar-refractivity contribution in [3.8, 4) is 0 Å². The van der Waals surface area contributed by atoms with Gasteiger partial charge in [0.25, 0.3) is 0 Å². The molecule has 17 heavy (non-hydrogen) atoms. The van der Waals surface area contributed by atoms with E-state index in [1.807, 2.05) is 11.8 Å². The summed E-state index contributed by atoms with van der Waals surface area (Å²) in [5.41, 5.74) is 0.880. The summed E-state index contributed by atoms with van der Waals surface area (Å²) >= 11 is 1.99. The maximum Gasteiger partial charge on any atom is 0.00967 e. The molecule has 0 heterocycles. The molecule has 0 aliphatic heterocycles. The fraction of sp³-hybridized carbons (Fsp3) is 1.00. The van der Waals surface area contributed by atoms with E-state index in [1.165, 1.54) is 57.2 Å². The molecular weight excluding hydrogens is 226 g/mol. The lowest BCUT2D eigenvalue weighted by Crippen LogP contribution is -2.44. The molecule has 1 saturated carbocycles. The van der Waals surface area contributed by atoms with Crippen molar-refractivity contribution in [3.63, 3.8) is 0 Å². The molecule has 0 amide bonds. The molecule has 1 fully saturated rings. The number of hydrogen-bond donors (Lipinski definition) is 1. The van der Waals surface area contributed by atoms with Gasteiger partial charge in [-0.25, -0.2) is 0 Å². The lowest BCUT2D eigenvalue weighted by Gasteiger charge is -2.40. The van der Waals surface area contributed by atoms with E-state index < -0.39 is 0 Å². The Balaban J connectivity index is 2.46. The van der Waals surface area contributed by atoms with Crippen LogP contribution in [-0.4, -0.2) is 24.1 Å². The minimum absolute atomic E-state index is 0.268. The van der Waals surface area contributed by atoms with Crippen molar-refractivity contribution in [2.75, 3.05) is 18.6 Å². The van der Waals surface area contributed by atoms with Gasteiger partial charge >= 0.3 is 0 Å². The number of nitrogens with one attached hydrogen (secondary N) is 1. The van der Waals surface area contributed by atoms with Gasteiger partial charge in [0.15, 0.2) is 0 Å². The maximum absolute atomic E-state index is 3.75. The Morgan fingerprint density at radius 3 is 2.29 bits per heavy atom. The van der Waals surface area contributed by atoms with Crippen LogP contribution in [0.1, 0.15) is 65.7 Å². The molecule has 1 nitrogen and oxygen atoms in total. The first-order valence-electron chi connectivity index (χ1n) is 7.21. The molecule has 0 bridgehead atoms. The fourth-order valence-corrected chi connectivity index (χ4v) is 3.29. The molecular formula is C15H31NS. The van der Waals surface area contributed by atoms with Crippen LogP contribution >= 0.6 is 11.8 Å². The highest BCUT2D eigenvalue weighted by molar-refractivity contribution is 7.98. The van der Waals surface area contributed by atoms with Crippen molar-refractivity contribution in [2.45, 2.75) is 71.3 Å². The summed E-state index contributed by atoms with van der Waals surface area (Å²) in [4.78, 5) is 0. The predicted molar refractivity (Wildman–Crippen MR) is 80.9 cm³/mol. The second-order valence-electron chi connectivity index (χ2n) is 6.76. The van der Waals surface area contributed by atoms with E-state index in [2.05, 4.69) is 32.3 Å². The largest absolute Gasteiger partial charge is 0.312 e. The summed E-state index contributed by atoms with van der Waals surface area (Å²) in [5.74, 6) is 1.33. The first-order valence-corrected chi connectivity index (χ1v) is 8.61. The average Bonchev–Trinajstić information content (AvgIpc) is 2.28. The van der Waals surface area contributed by atoms with E-state index in [9.17, 15) is 0 Å². The Bertz CT molecular complexity index is 201. The fourth-order valence-electron chi connectivity index (χ4n) is 2.86. The van der Waals surface area contributed by atoms with Crippen molar-refractivity contribution >= 4 is 11.8 Å². The molecule has 2 heteroatoms. The SMILES string of the molecule is CSCCCC1(CNC(C)(C)C)CCCCC1. The van der Waals surface area contributed by atoms with Gasteiger partial charge in [-0.3, -0.25) is 0 Å². The van der Waals surface area contributed by atoms with Crippen LogP contribution in [-0.2, 0) is 0 Å². The van der Waals surface area contributed by atoms with E-state index in [4.69, 9.17) is 0 Å². The van der Waals surface area contributed by atoms with Gasteiger partial charge < -0.3 is 5.32 Å². The Morgan fingerprint density at radius 1 is 1.12 bits per heavy atom. The smallest absolute Gasteiger partial charge is 0.00967 e. The van der Waals surface area contributed by atoms with Crippen LogP contribution in [0.5, 0.6) is 0 Å². The summed E-state index contributed by atoms with van der Waals surface area (Å²) in [6, 6.07) is 0. The molecule has 0 aromatic carbocycles. The third-order valence-corrected chi connectivity index (χ3v) is 4.66. The lowest BCUT2D eigenvalue weighted by atomic mass is 9.71. The van der Waals surface area contributed by atoms with Crippen LogP contribution in [0, 0.1) is 5.41 Å². The van der Waals surface area contributed by atoms with E-state index >= 15 is 0 Å². The third kappa shape index (κ3) is 6.15. The van der Waals surface area contributed by atoms with Crippen LogP contribution < -0.4 is 5.32 Å². The van der Waals surface area contributed by atoms with Crippen molar-refractivity contribution < 1.29 is 0 Å². The van der Waals surface area contributed by atoms with Gasteiger partial charge in [-0.05, 0) is 63.9 Å². The van der Waals surface area contributed by atoms with Crippen molar-refractivity contribution in [3.05, 3.63) is 0 Å². The molecule has 0 saturated heterocycles. The second-order valence-corrected chi connectivity index (χ2v) is 7.75. The van der Waals surface area contributed by atoms with Gasteiger partial charge in [0, 0.05) is 12.1 Å². The van der Waals surface area contributed by atoms with Gasteiger partial charge in [-0.1, -0.05) is 19.3 Å². The summed E-state index contributed by atoms with van der Waals surface area (Å²) < 4.78 is 0. The molecule has 102 valence electrons. The predicted octanol–water partition coefficient (Wildman–Crippen LogP) is 4.47. The van der Waals surface area contributed by atoms with E-state index in [0.29, 0.717) is 5.41 Å². The highest BCUT2D eigenvalue weighted by atomic mass is 32.2. The average molecular weight is 257 g/mol. The molecule has 0 aromatic rings. The van der Waals surface area contributed by atoms with Crippen LogP contribution in [0.25, 0.3) is 0 Å². The molecule has 0 spiro atoms. The van der Waals surface area contributed by atoms with Crippen molar-refractivity contribution in [2.24, 2.45) is 5.41 Å². The monoisotopic (exact) mass is 257 g/mol. The molecule has 0 unspecified atom stereocenters. The first kappa shape index (κ1) is 15.4. The van der Waals surface area contributed by atoms with Crippen molar-refractivity contribution in [1.82, 2.24) is 5.32 Å². The molecule has 0 atom stereocenters. The van der Waals surface area contributed by atoms with E-state index in [1.54, 1.807) is 0 Å². The maximum atomic E-state index is 3.75. The zero-order chi connectivity index (χ0) is 12.8. The molecule has 0 aromatic heterocycles. The number of hydrogen-bond acceptors (Lipinski definition) is 2. The summed E-state index contributed by atoms with van der Waals surface area (Å²) in [6.45, 7) is 8.08. The Hall–Kier alpha value is 0.310. The van der Waals surface area contributed by atoms with Gasteiger partial charge in [0.05, 0.1) is 0 Å². The van der Waals surface area contributed by atoms with Gasteiger partial charge in [0.2, 0.25) is 0 Å². The van der Waals surface area contributed by atoms with Gasteiger partial charge in [-0.2, -0.15) is 11.8 Å². The third-order valence-electron chi connectivity index (χ3n) is 3.96.